The maximum atomic E-state index is 13.0. The van der Waals surface area contributed by atoms with Crippen LogP contribution < -0.4 is 33.7 Å². The fourth-order valence-electron chi connectivity index (χ4n) is 5.90. The number of carbonyl (C=O) groups is 3. The number of carboxylic acid groups (broad SMARTS) is 1. The topological polar surface area (TPSA) is 346 Å². The Morgan fingerprint density at radius 2 is 1.51 bits per heavy atom. The number of aromatic nitrogens is 5. The predicted octanol–water partition coefficient (Wildman–Crippen LogP) is 6.55. The van der Waals surface area contributed by atoms with E-state index in [9.17, 15) is 62.9 Å². The third-order valence-electron chi connectivity index (χ3n) is 9.14. The molecule has 3 amide bonds. The van der Waals surface area contributed by atoms with Crippen LogP contribution in [-0.4, -0.2) is 110 Å². The Bertz CT molecular complexity index is 3660. The van der Waals surface area contributed by atoms with E-state index >= 15 is 0 Å². The summed E-state index contributed by atoms with van der Waals surface area (Å²) in [6.07, 6.45) is -1.02. The van der Waals surface area contributed by atoms with Gasteiger partial charge in [0.25, 0.3) is 21.6 Å². The Morgan fingerprint density at radius 1 is 0.840 bits per heavy atom. The molecular formula is C42H36Cl2F3N9O16S3. The first-order chi connectivity index (χ1) is 35.1. The summed E-state index contributed by atoms with van der Waals surface area (Å²) < 4.78 is 136. The van der Waals surface area contributed by atoms with Crippen molar-refractivity contribution in [2.45, 2.75) is 23.2 Å². The number of hydrogen-bond donors (Lipinski definition) is 4. The molecule has 0 bridgehead atoms. The zero-order valence-corrected chi connectivity index (χ0v) is 42.5. The van der Waals surface area contributed by atoms with Gasteiger partial charge in [-0.25, -0.2) is 40.9 Å². The molecule has 0 aliphatic rings. The minimum absolute atomic E-state index is 0.0584. The lowest BCUT2D eigenvalue weighted by Crippen LogP contribution is -2.36. The number of aliphatic carboxylic acids is 1. The standard InChI is InChI=1S/C16H18N6O7S2.C15H10ClF3N2O6S.C11H8ClNO3/c1-4-30(24,25)13-14(22-8-6-5-7-10(22)17-13)31(26,27)21-16(23)20-15-18-11(28-2)9-12(19-15)29-3;1-28(25,26)20-14(22)10-7-9(3-4-12(10)21(23)24)27-13-5-2-8(6-11(13)16)15(17,18)19;12-8-3-4-9(16-6-10(14)15)11-7(8)2-1-5-13-11/h5-9H,4H2,1-3H3,(H2,18,19,20,21,23);2-7H,1H3,(H,20,22);1-5H,6H2,(H,14,15). The quantitative estimate of drug-likeness (QED) is 0.0624. The number of amides is 3. The van der Waals surface area contributed by atoms with Crippen molar-refractivity contribution < 1.29 is 81.8 Å². The van der Waals surface area contributed by atoms with Crippen LogP contribution in [0.3, 0.4) is 0 Å². The van der Waals surface area contributed by atoms with Gasteiger partial charge in [0.05, 0.1) is 52.8 Å². The number of carboxylic acids is 1. The highest BCUT2D eigenvalue weighted by atomic mass is 35.5. The fourth-order valence-corrected chi connectivity index (χ4v) is 9.44. The minimum atomic E-state index is -4.68. The number of anilines is 1. The van der Waals surface area contributed by atoms with E-state index in [0.717, 1.165) is 34.1 Å². The number of methoxy groups -OCH3 is 2. The van der Waals surface area contributed by atoms with E-state index in [1.165, 1.54) is 45.5 Å². The number of carbonyl (C=O) groups excluding carboxylic acids is 2. The van der Waals surface area contributed by atoms with Crippen molar-refractivity contribution in [2.24, 2.45) is 0 Å². The summed E-state index contributed by atoms with van der Waals surface area (Å²) in [5.41, 5.74) is -1.70. The molecule has 7 rings (SSSR count). The minimum Gasteiger partial charge on any atom is -0.481 e. The molecule has 0 aliphatic carbocycles. The normalized spacial score (nSPS) is 11.5. The number of nitro groups is 1. The van der Waals surface area contributed by atoms with E-state index < -0.39 is 97.4 Å². The highest BCUT2D eigenvalue weighted by Gasteiger charge is 2.34. The highest BCUT2D eigenvalue weighted by molar-refractivity contribution is 7.93. The molecule has 0 spiro atoms. The Labute approximate surface area is 431 Å². The van der Waals surface area contributed by atoms with Gasteiger partial charge in [0.15, 0.2) is 26.5 Å². The van der Waals surface area contributed by atoms with Crippen molar-refractivity contribution in [2.75, 3.05) is 38.2 Å². The maximum Gasteiger partial charge on any atom is 0.416 e. The summed E-state index contributed by atoms with van der Waals surface area (Å²) >= 11 is 11.7. The lowest BCUT2D eigenvalue weighted by molar-refractivity contribution is -0.385. The number of benzene rings is 3. The van der Waals surface area contributed by atoms with Gasteiger partial charge < -0.3 is 24.1 Å². The molecule has 25 nitrogen and oxygen atoms in total. The first-order valence-corrected chi connectivity index (χ1v) is 26.1. The highest BCUT2D eigenvalue weighted by Crippen LogP contribution is 2.37. The first-order valence-electron chi connectivity index (χ1n) is 20.3. The average molecular weight is 1150 g/mol. The molecule has 0 atom stereocenters. The van der Waals surface area contributed by atoms with Gasteiger partial charge in [-0.05, 0) is 60.7 Å². The molecule has 4 heterocycles. The first kappa shape index (κ1) is 57.8. The summed E-state index contributed by atoms with van der Waals surface area (Å²) in [7, 11) is -10.0. The lowest BCUT2D eigenvalue weighted by Gasteiger charge is -2.12. The van der Waals surface area contributed by atoms with Crippen LogP contribution in [-0.2, 0) is 40.9 Å². The van der Waals surface area contributed by atoms with Gasteiger partial charge >= 0.3 is 18.2 Å². The molecule has 3 aromatic carbocycles. The Balaban J connectivity index is 0.000000218. The van der Waals surface area contributed by atoms with Gasteiger partial charge in [-0.2, -0.15) is 31.6 Å². The van der Waals surface area contributed by atoms with Gasteiger partial charge in [0, 0.05) is 29.9 Å². The summed E-state index contributed by atoms with van der Waals surface area (Å²) in [6, 6.07) is 16.5. The van der Waals surface area contributed by atoms with Gasteiger partial charge in [0.1, 0.15) is 34.0 Å². The molecule has 0 saturated heterocycles. The van der Waals surface area contributed by atoms with Gasteiger partial charge in [-0.15, -0.1) is 0 Å². The predicted molar refractivity (Wildman–Crippen MR) is 259 cm³/mol. The van der Waals surface area contributed by atoms with Gasteiger partial charge in [-0.3, -0.25) is 29.6 Å². The average Bonchev–Trinajstić information content (AvgIpc) is 3.76. The van der Waals surface area contributed by atoms with Crippen LogP contribution in [0, 0.1) is 10.1 Å². The maximum absolute atomic E-state index is 13.0. The number of fused-ring (bicyclic) bond motifs is 2. The summed E-state index contributed by atoms with van der Waals surface area (Å²) in [4.78, 5) is 60.7. The van der Waals surface area contributed by atoms with Crippen LogP contribution in [0.5, 0.6) is 29.0 Å². The zero-order chi connectivity index (χ0) is 55.6. The van der Waals surface area contributed by atoms with Crippen molar-refractivity contribution in [3.63, 3.8) is 0 Å². The monoisotopic (exact) mass is 1150 g/mol. The van der Waals surface area contributed by atoms with Crippen LogP contribution in [0.1, 0.15) is 22.8 Å². The number of nitro benzene ring substituents is 1. The number of ether oxygens (including phenoxy) is 4. The summed E-state index contributed by atoms with van der Waals surface area (Å²) in [5, 5.41) is 21.3. The number of halogens is 5. The second kappa shape index (κ2) is 23.8. The molecule has 0 aliphatic heterocycles. The third-order valence-corrected chi connectivity index (χ3v) is 13.4. The number of imidazole rings is 1. The molecule has 4 aromatic heterocycles. The second-order valence-corrected chi connectivity index (χ2v) is 20.8. The number of nitrogens with zero attached hydrogens (tertiary/aromatic N) is 6. The van der Waals surface area contributed by atoms with Crippen LogP contribution in [0.15, 0.2) is 107 Å². The summed E-state index contributed by atoms with van der Waals surface area (Å²) in [6.45, 7) is 0.955. The van der Waals surface area contributed by atoms with Crippen molar-refractivity contribution in [1.82, 2.24) is 33.8 Å². The van der Waals surface area contributed by atoms with Crippen LogP contribution in [0.2, 0.25) is 10.0 Å². The van der Waals surface area contributed by atoms with E-state index in [1.54, 1.807) is 46.0 Å². The van der Waals surface area contributed by atoms with Crippen molar-refractivity contribution in [1.29, 1.82) is 0 Å². The molecule has 0 fully saturated rings. The van der Waals surface area contributed by atoms with Crippen molar-refractivity contribution >= 4 is 99.2 Å². The molecule has 7 aromatic rings. The molecule has 75 heavy (non-hydrogen) atoms. The van der Waals surface area contributed by atoms with Crippen LogP contribution >= 0.6 is 23.2 Å². The van der Waals surface area contributed by atoms with Crippen molar-refractivity contribution in [3.05, 3.63) is 129 Å². The molecular weight excluding hydrogens is 1110 g/mol. The van der Waals surface area contributed by atoms with E-state index in [0.29, 0.717) is 34.7 Å². The fraction of sp³-hybridized carbons (Fsp3) is 0.167. The number of rotatable bonds is 15. The number of hydrogen-bond acceptors (Lipinski definition) is 19. The molecule has 0 unspecified atom stereocenters. The number of sulfone groups is 1. The molecule has 0 saturated carbocycles. The number of urea groups is 1. The number of pyridine rings is 2. The molecule has 4 N–H and O–H groups in total. The zero-order valence-electron chi connectivity index (χ0n) is 38.5. The van der Waals surface area contributed by atoms with E-state index in [4.69, 9.17) is 47.3 Å². The molecule has 398 valence electrons. The number of sulfonamides is 2. The Kier molecular flexibility index (Phi) is 18.3. The van der Waals surface area contributed by atoms with Crippen molar-refractivity contribution in [3.8, 4) is 29.0 Å². The lowest BCUT2D eigenvalue weighted by atomic mass is 10.1. The van der Waals surface area contributed by atoms with E-state index in [-0.39, 0.29) is 40.6 Å². The Morgan fingerprint density at radius 3 is 2.09 bits per heavy atom. The molecule has 0 radical (unpaired) electrons. The number of alkyl halides is 3. The number of nitrogens with one attached hydrogen (secondary N) is 3. The third kappa shape index (κ3) is 15.2. The van der Waals surface area contributed by atoms with E-state index in [2.05, 4.69) is 25.3 Å². The largest absolute Gasteiger partial charge is 0.481 e. The summed E-state index contributed by atoms with van der Waals surface area (Å²) in [5.74, 6) is -2.86. The molecule has 33 heteroatoms. The second-order valence-electron chi connectivity index (χ2n) is 14.4. The SMILES string of the molecule is CCS(=O)(=O)c1nc2ccccn2c1S(=O)(=O)NC(=O)Nc1nc(OC)cc(OC)n1.CS(=O)(=O)NC(=O)c1cc(Oc2ccc(C(F)(F)F)cc2Cl)ccc1[N+](=O)[O-].O=C(O)COc1ccc(Cl)c2cccnc12. The smallest absolute Gasteiger partial charge is 0.416 e. The van der Waals surface area contributed by atoms with Gasteiger partial charge in [0.2, 0.25) is 27.7 Å². The Hall–Kier alpha value is -8.13. The van der Waals surface area contributed by atoms with Crippen LogP contribution in [0.25, 0.3) is 16.6 Å². The van der Waals surface area contributed by atoms with Crippen LogP contribution in [0.4, 0.5) is 29.6 Å². The van der Waals surface area contributed by atoms with Gasteiger partial charge in [-0.1, -0.05) is 36.2 Å². The van der Waals surface area contributed by atoms with E-state index in [1.807, 2.05) is 0 Å².